The monoisotopic (exact) mass is 299 g/mol. The fourth-order valence-electron chi connectivity index (χ4n) is 3.38. The highest BCUT2D eigenvalue weighted by molar-refractivity contribution is 5.84. The van der Waals surface area contributed by atoms with E-state index in [1.165, 1.54) is 22.8 Å². The largest absolute Gasteiger partial charge is 0.497 e. The van der Waals surface area contributed by atoms with Crippen molar-refractivity contribution in [3.8, 4) is 5.75 Å². The molecular formula is C19H25NO2. The van der Waals surface area contributed by atoms with E-state index in [0.29, 0.717) is 5.92 Å². The van der Waals surface area contributed by atoms with Crippen molar-refractivity contribution in [3.05, 3.63) is 42.0 Å². The molecule has 1 aliphatic rings. The lowest BCUT2D eigenvalue weighted by molar-refractivity contribution is 0.101. The molecule has 0 aliphatic heterocycles. The second kappa shape index (κ2) is 7.12. The van der Waals surface area contributed by atoms with E-state index < -0.39 is 0 Å². The first kappa shape index (κ1) is 15.3. The van der Waals surface area contributed by atoms with Crippen molar-refractivity contribution in [3.63, 3.8) is 0 Å². The highest BCUT2D eigenvalue weighted by Crippen LogP contribution is 2.24. The Morgan fingerprint density at radius 2 is 1.95 bits per heavy atom. The fraction of sp³-hybridized carbons (Fsp3) is 0.474. The first-order chi connectivity index (χ1) is 10.7. The predicted octanol–water partition coefficient (Wildman–Crippen LogP) is 3.49. The van der Waals surface area contributed by atoms with E-state index in [9.17, 15) is 5.11 Å². The standard InChI is InChI=1S/C19H25NO2/c1-22-19-8-7-16-9-15(5-6-17(16)11-19)13-20-12-14-3-2-4-18(21)10-14/h5-9,11,14,18,20-21H,2-4,10,12-13H2,1H3. The van der Waals surface area contributed by atoms with Crippen molar-refractivity contribution in [1.82, 2.24) is 5.32 Å². The molecule has 3 rings (SSSR count). The van der Waals surface area contributed by atoms with Gasteiger partial charge >= 0.3 is 0 Å². The van der Waals surface area contributed by atoms with Crippen LogP contribution in [-0.4, -0.2) is 24.9 Å². The Hall–Kier alpha value is -1.58. The van der Waals surface area contributed by atoms with Gasteiger partial charge < -0.3 is 15.2 Å². The normalized spacial score (nSPS) is 21.9. The number of nitrogens with one attached hydrogen (secondary N) is 1. The number of hydrogen-bond acceptors (Lipinski definition) is 3. The third kappa shape index (κ3) is 3.79. The number of aliphatic hydroxyl groups excluding tert-OH is 1. The molecule has 0 saturated heterocycles. The van der Waals surface area contributed by atoms with Crippen LogP contribution < -0.4 is 10.1 Å². The molecule has 2 unspecified atom stereocenters. The second-order valence-electron chi connectivity index (χ2n) is 6.36. The minimum absolute atomic E-state index is 0.0869. The molecule has 22 heavy (non-hydrogen) atoms. The van der Waals surface area contributed by atoms with Crippen molar-refractivity contribution < 1.29 is 9.84 Å². The average molecular weight is 299 g/mol. The van der Waals surface area contributed by atoms with E-state index in [4.69, 9.17) is 4.74 Å². The van der Waals surface area contributed by atoms with Crippen molar-refractivity contribution in [2.45, 2.75) is 38.3 Å². The Morgan fingerprint density at radius 1 is 1.14 bits per heavy atom. The summed E-state index contributed by atoms with van der Waals surface area (Å²) in [5, 5.41) is 15.7. The molecule has 0 aromatic heterocycles. The van der Waals surface area contributed by atoms with E-state index in [0.717, 1.165) is 38.1 Å². The average Bonchev–Trinajstić information content (AvgIpc) is 2.54. The molecule has 1 aliphatic carbocycles. The summed E-state index contributed by atoms with van der Waals surface area (Å²) in [5.41, 5.74) is 1.30. The number of methoxy groups -OCH3 is 1. The Kier molecular flexibility index (Phi) is 4.96. The van der Waals surface area contributed by atoms with Crippen LogP contribution in [0.5, 0.6) is 5.75 Å². The number of benzene rings is 2. The summed E-state index contributed by atoms with van der Waals surface area (Å²) in [6, 6.07) is 12.7. The van der Waals surface area contributed by atoms with Gasteiger partial charge in [-0.1, -0.05) is 24.6 Å². The van der Waals surface area contributed by atoms with Crippen molar-refractivity contribution in [1.29, 1.82) is 0 Å². The van der Waals surface area contributed by atoms with Gasteiger partial charge in [-0.05, 0) is 66.3 Å². The molecular weight excluding hydrogens is 274 g/mol. The highest BCUT2D eigenvalue weighted by Gasteiger charge is 2.19. The molecule has 0 amide bonds. The van der Waals surface area contributed by atoms with Gasteiger partial charge in [0.15, 0.2) is 0 Å². The molecule has 118 valence electrons. The van der Waals surface area contributed by atoms with Crippen LogP contribution >= 0.6 is 0 Å². The summed E-state index contributed by atoms with van der Waals surface area (Å²) in [6.07, 6.45) is 4.23. The summed E-state index contributed by atoms with van der Waals surface area (Å²) in [5.74, 6) is 1.52. The van der Waals surface area contributed by atoms with Crippen LogP contribution in [0.15, 0.2) is 36.4 Å². The number of aliphatic hydroxyl groups is 1. The van der Waals surface area contributed by atoms with Gasteiger partial charge in [-0.25, -0.2) is 0 Å². The van der Waals surface area contributed by atoms with Crippen LogP contribution in [0.2, 0.25) is 0 Å². The van der Waals surface area contributed by atoms with Gasteiger partial charge in [-0.3, -0.25) is 0 Å². The highest BCUT2D eigenvalue weighted by atomic mass is 16.5. The van der Waals surface area contributed by atoms with Crippen LogP contribution in [0.1, 0.15) is 31.2 Å². The van der Waals surface area contributed by atoms with Crippen molar-refractivity contribution >= 4 is 10.8 Å². The summed E-state index contributed by atoms with van der Waals surface area (Å²) in [7, 11) is 1.70. The molecule has 2 N–H and O–H groups in total. The van der Waals surface area contributed by atoms with E-state index in [-0.39, 0.29) is 6.10 Å². The number of ether oxygens (including phenoxy) is 1. The van der Waals surface area contributed by atoms with Gasteiger partial charge in [0.2, 0.25) is 0 Å². The molecule has 3 heteroatoms. The minimum Gasteiger partial charge on any atom is -0.497 e. The van der Waals surface area contributed by atoms with E-state index in [2.05, 4.69) is 35.6 Å². The predicted molar refractivity (Wildman–Crippen MR) is 90.2 cm³/mol. The lowest BCUT2D eigenvalue weighted by Crippen LogP contribution is -2.28. The zero-order valence-corrected chi connectivity index (χ0v) is 13.2. The Labute approximate surface area is 132 Å². The summed E-state index contributed by atoms with van der Waals surface area (Å²) >= 11 is 0. The zero-order valence-electron chi connectivity index (χ0n) is 13.2. The van der Waals surface area contributed by atoms with Gasteiger partial charge in [-0.15, -0.1) is 0 Å². The minimum atomic E-state index is -0.0869. The van der Waals surface area contributed by atoms with Gasteiger partial charge in [0.1, 0.15) is 5.75 Å². The third-order valence-corrected chi connectivity index (χ3v) is 4.63. The maximum Gasteiger partial charge on any atom is 0.119 e. The van der Waals surface area contributed by atoms with E-state index in [1.807, 2.05) is 6.07 Å². The van der Waals surface area contributed by atoms with Gasteiger partial charge in [0, 0.05) is 6.54 Å². The lowest BCUT2D eigenvalue weighted by atomic mass is 9.87. The first-order valence-electron chi connectivity index (χ1n) is 8.20. The van der Waals surface area contributed by atoms with E-state index in [1.54, 1.807) is 7.11 Å². The number of rotatable bonds is 5. The molecule has 1 saturated carbocycles. The Balaban J connectivity index is 1.57. The van der Waals surface area contributed by atoms with E-state index >= 15 is 0 Å². The first-order valence-corrected chi connectivity index (χ1v) is 8.20. The van der Waals surface area contributed by atoms with Crippen LogP contribution in [0.4, 0.5) is 0 Å². The molecule has 0 heterocycles. The van der Waals surface area contributed by atoms with Crippen molar-refractivity contribution in [2.24, 2.45) is 5.92 Å². The third-order valence-electron chi connectivity index (χ3n) is 4.63. The zero-order chi connectivity index (χ0) is 15.4. The topological polar surface area (TPSA) is 41.5 Å². The number of hydrogen-bond donors (Lipinski definition) is 2. The van der Waals surface area contributed by atoms with Crippen LogP contribution in [0, 0.1) is 5.92 Å². The fourth-order valence-corrected chi connectivity index (χ4v) is 3.38. The summed E-state index contributed by atoms with van der Waals surface area (Å²) in [6.45, 7) is 1.88. The Bertz CT molecular complexity index is 626. The van der Waals surface area contributed by atoms with Gasteiger partial charge in [0.25, 0.3) is 0 Å². The summed E-state index contributed by atoms with van der Waals surface area (Å²) < 4.78 is 5.26. The van der Waals surface area contributed by atoms with Crippen molar-refractivity contribution in [2.75, 3.05) is 13.7 Å². The van der Waals surface area contributed by atoms with Gasteiger partial charge in [-0.2, -0.15) is 0 Å². The molecule has 0 bridgehead atoms. The molecule has 3 nitrogen and oxygen atoms in total. The molecule has 1 fully saturated rings. The molecule has 0 spiro atoms. The van der Waals surface area contributed by atoms with Crippen LogP contribution in [0.25, 0.3) is 10.8 Å². The molecule has 2 atom stereocenters. The maximum atomic E-state index is 9.72. The smallest absolute Gasteiger partial charge is 0.119 e. The molecule has 0 radical (unpaired) electrons. The van der Waals surface area contributed by atoms with Crippen LogP contribution in [-0.2, 0) is 6.54 Å². The van der Waals surface area contributed by atoms with Crippen LogP contribution in [0.3, 0.4) is 0 Å². The molecule has 2 aromatic rings. The quantitative estimate of drug-likeness (QED) is 0.888. The van der Waals surface area contributed by atoms with Gasteiger partial charge in [0.05, 0.1) is 13.2 Å². The second-order valence-corrected chi connectivity index (χ2v) is 6.36. The SMILES string of the molecule is COc1ccc2cc(CNCC3CCCC(O)C3)ccc2c1. The number of fused-ring (bicyclic) bond motifs is 1. The summed E-state index contributed by atoms with van der Waals surface area (Å²) in [4.78, 5) is 0. The molecule has 2 aromatic carbocycles. The lowest BCUT2D eigenvalue weighted by Gasteiger charge is -2.26. The Morgan fingerprint density at radius 3 is 2.77 bits per heavy atom. The maximum absolute atomic E-state index is 9.72.